The van der Waals surface area contributed by atoms with E-state index < -0.39 is 29.0 Å². The van der Waals surface area contributed by atoms with E-state index in [1.54, 1.807) is 24.0 Å². The van der Waals surface area contributed by atoms with Crippen LogP contribution >= 0.6 is 12.4 Å². The summed E-state index contributed by atoms with van der Waals surface area (Å²) < 4.78 is 54.8. The summed E-state index contributed by atoms with van der Waals surface area (Å²) >= 11 is 0. The molecule has 1 N–H and O–H groups in total. The van der Waals surface area contributed by atoms with Crippen LogP contribution in [-0.2, 0) is 23.6 Å². The number of aromatic nitrogens is 4. The highest BCUT2D eigenvalue weighted by molar-refractivity contribution is 7.89. The monoisotopic (exact) mass is 396 g/mol. The molecule has 25 heavy (non-hydrogen) atoms. The molecule has 2 aromatic rings. The lowest BCUT2D eigenvalue weighted by molar-refractivity contribution is 0.121. The van der Waals surface area contributed by atoms with Crippen LogP contribution in [0.1, 0.15) is 11.9 Å². The Morgan fingerprint density at radius 1 is 1.44 bits per heavy atom. The van der Waals surface area contributed by atoms with Gasteiger partial charge in [-0.05, 0) is 0 Å². The van der Waals surface area contributed by atoms with Gasteiger partial charge < -0.3 is 9.88 Å². The van der Waals surface area contributed by atoms with Crippen molar-refractivity contribution in [2.45, 2.75) is 23.9 Å². The van der Waals surface area contributed by atoms with E-state index in [9.17, 15) is 17.2 Å². The Kier molecular flexibility index (Phi) is 6.14. The lowest BCUT2D eigenvalue weighted by Crippen LogP contribution is -2.49. The quantitative estimate of drug-likeness (QED) is 0.801. The average molecular weight is 397 g/mol. The average Bonchev–Trinajstić information content (AvgIpc) is 3.16. The molecule has 3 rings (SSSR count). The standard InChI is InChI=1S/C13H18F2N6O2S.ClH/c1-19-4-3-17-13(19)11-7-16-2-5-21(11)24(22,23)10-6-18-20(8-10)9-12(14)15;/h3-4,6,8,11-12,16H,2,5,7,9H2,1H3;1H. The van der Waals surface area contributed by atoms with Gasteiger partial charge in [-0.25, -0.2) is 22.2 Å². The molecule has 1 atom stereocenters. The first-order chi connectivity index (χ1) is 11.4. The first-order valence-electron chi connectivity index (χ1n) is 7.40. The van der Waals surface area contributed by atoms with Crippen molar-refractivity contribution in [3.05, 3.63) is 30.6 Å². The lowest BCUT2D eigenvalue weighted by Gasteiger charge is -2.34. The summed E-state index contributed by atoms with van der Waals surface area (Å²) in [5.74, 6) is 0.616. The topological polar surface area (TPSA) is 85.1 Å². The number of piperazine rings is 1. The van der Waals surface area contributed by atoms with E-state index in [1.807, 2.05) is 0 Å². The van der Waals surface area contributed by atoms with Crippen LogP contribution in [0.2, 0.25) is 0 Å². The molecule has 0 aliphatic carbocycles. The molecule has 1 aliphatic rings. The minimum Gasteiger partial charge on any atom is -0.337 e. The van der Waals surface area contributed by atoms with Crippen LogP contribution in [0, 0.1) is 0 Å². The molecular formula is C13H19ClF2N6O2S. The molecule has 1 saturated heterocycles. The number of rotatable bonds is 5. The maximum absolute atomic E-state index is 12.9. The number of halogens is 3. The highest BCUT2D eigenvalue weighted by atomic mass is 35.5. The van der Waals surface area contributed by atoms with Crippen molar-refractivity contribution in [3.8, 4) is 0 Å². The predicted molar refractivity (Wildman–Crippen MR) is 88.2 cm³/mol. The number of alkyl halides is 2. The van der Waals surface area contributed by atoms with Gasteiger partial charge in [-0.3, -0.25) is 4.68 Å². The highest BCUT2D eigenvalue weighted by Crippen LogP contribution is 2.27. The fourth-order valence-electron chi connectivity index (χ4n) is 2.75. The molecule has 1 fully saturated rings. The van der Waals surface area contributed by atoms with Crippen molar-refractivity contribution in [3.63, 3.8) is 0 Å². The smallest absolute Gasteiger partial charge is 0.257 e. The SMILES string of the molecule is Cl.Cn1ccnc1C1CNCCN1S(=O)(=O)c1cnn(CC(F)F)c1. The van der Waals surface area contributed by atoms with Gasteiger partial charge in [0.2, 0.25) is 10.0 Å². The van der Waals surface area contributed by atoms with Crippen molar-refractivity contribution in [2.24, 2.45) is 7.05 Å². The fraction of sp³-hybridized carbons (Fsp3) is 0.538. The van der Waals surface area contributed by atoms with E-state index in [0.29, 0.717) is 18.9 Å². The van der Waals surface area contributed by atoms with Gasteiger partial charge in [0, 0.05) is 45.3 Å². The van der Waals surface area contributed by atoms with E-state index >= 15 is 0 Å². The zero-order valence-corrected chi connectivity index (χ0v) is 15.1. The van der Waals surface area contributed by atoms with Gasteiger partial charge in [0.15, 0.2) is 0 Å². The Balaban J connectivity index is 0.00000225. The molecule has 12 heteroatoms. The molecule has 0 saturated carbocycles. The van der Waals surface area contributed by atoms with E-state index in [0.717, 1.165) is 17.1 Å². The Morgan fingerprint density at radius 3 is 2.84 bits per heavy atom. The summed E-state index contributed by atoms with van der Waals surface area (Å²) in [6.07, 6.45) is 3.00. The second kappa shape index (κ2) is 7.77. The summed E-state index contributed by atoms with van der Waals surface area (Å²) in [4.78, 5) is 4.15. The minimum atomic E-state index is -3.86. The molecule has 1 aliphatic heterocycles. The predicted octanol–water partition coefficient (Wildman–Crippen LogP) is 0.639. The maximum atomic E-state index is 12.9. The van der Waals surface area contributed by atoms with Crippen molar-refractivity contribution >= 4 is 22.4 Å². The lowest BCUT2D eigenvalue weighted by atomic mass is 10.2. The summed E-state index contributed by atoms with van der Waals surface area (Å²) in [5.41, 5.74) is 0. The van der Waals surface area contributed by atoms with Crippen LogP contribution in [0.3, 0.4) is 0 Å². The molecule has 0 spiro atoms. The number of hydrogen-bond acceptors (Lipinski definition) is 5. The number of sulfonamides is 1. The van der Waals surface area contributed by atoms with Gasteiger partial charge in [0.05, 0.1) is 12.2 Å². The summed E-state index contributed by atoms with van der Waals surface area (Å²) in [6, 6.07) is -0.470. The second-order valence-corrected chi connectivity index (χ2v) is 7.41. The van der Waals surface area contributed by atoms with Gasteiger partial charge >= 0.3 is 0 Å². The van der Waals surface area contributed by atoms with Crippen LogP contribution in [0.5, 0.6) is 0 Å². The fourth-order valence-corrected chi connectivity index (χ4v) is 4.29. The van der Waals surface area contributed by atoms with Crippen LogP contribution in [-0.4, -0.2) is 58.1 Å². The summed E-state index contributed by atoms with van der Waals surface area (Å²) in [5, 5.41) is 6.87. The third-order valence-electron chi connectivity index (χ3n) is 3.89. The van der Waals surface area contributed by atoms with Crippen molar-refractivity contribution in [1.82, 2.24) is 29.0 Å². The number of nitrogens with zero attached hydrogens (tertiary/aromatic N) is 5. The summed E-state index contributed by atoms with van der Waals surface area (Å²) in [7, 11) is -2.06. The van der Waals surface area contributed by atoms with Crippen LogP contribution in [0.4, 0.5) is 8.78 Å². The zero-order valence-electron chi connectivity index (χ0n) is 13.4. The molecule has 2 aromatic heterocycles. The van der Waals surface area contributed by atoms with Crippen LogP contribution < -0.4 is 5.32 Å². The number of aryl methyl sites for hydroxylation is 1. The zero-order chi connectivity index (χ0) is 17.3. The van der Waals surface area contributed by atoms with Crippen LogP contribution in [0.15, 0.2) is 29.7 Å². The van der Waals surface area contributed by atoms with Gasteiger partial charge in [-0.15, -0.1) is 12.4 Å². The minimum absolute atomic E-state index is 0. The Morgan fingerprint density at radius 2 is 2.20 bits per heavy atom. The van der Waals surface area contributed by atoms with Gasteiger partial charge in [-0.1, -0.05) is 0 Å². The van der Waals surface area contributed by atoms with Gasteiger partial charge in [0.25, 0.3) is 6.43 Å². The Labute approximate surface area is 150 Å². The largest absolute Gasteiger partial charge is 0.337 e. The van der Waals surface area contributed by atoms with E-state index in [4.69, 9.17) is 0 Å². The second-order valence-electron chi connectivity index (χ2n) is 5.52. The molecule has 3 heterocycles. The molecule has 1 unspecified atom stereocenters. The third-order valence-corrected chi connectivity index (χ3v) is 5.75. The molecule has 0 amide bonds. The molecule has 0 radical (unpaired) electrons. The van der Waals surface area contributed by atoms with Crippen LogP contribution in [0.25, 0.3) is 0 Å². The van der Waals surface area contributed by atoms with Gasteiger partial charge in [-0.2, -0.15) is 9.40 Å². The molecule has 140 valence electrons. The molecule has 0 bridgehead atoms. The third kappa shape index (κ3) is 4.00. The highest BCUT2D eigenvalue weighted by Gasteiger charge is 2.37. The number of hydrogen-bond donors (Lipinski definition) is 1. The maximum Gasteiger partial charge on any atom is 0.257 e. The first kappa shape index (κ1) is 19.8. The van der Waals surface area contributed by atoms with E-state index in [1.165, 1.54) is 4.31 Å². The molecular weight excluding hydrogens is 378 g/mol. The summed E-state index contributed by atoms with van der Waals surface area (Å²) in [6.45, 7) is 0.556. The number of imidazole rings is 1. The number of nitrogens with one attached hydrogen (secondary N) is 1. The molecule has 8 nitrogen and oxygen atoms in total. The first-order valence-corrected chi connectivity index (χ1v) is 8.84. The molecule has 0 aromatic carbocycles. The normalized spacial score (nSPS) is 19.1. The van der Waals surface area contributed by atoms with Crippen molar-refractivity contribution < 1.29 is 17.2 Å². The van der Waals surface area contributed by atoms with Crippen molar-refractivity contribution in [2.75, 3.05) is 19.6 Å². The Bertz CT molecular complexity index is 809. The van der Waals surface area contributed by atoms with E-state index in [2.05, 4.69) is 15.4 Å². The van der Waals surface area contributed by atoms with Crippen molar-refractivity contribution in [1.29, 1.82) is 0 Å². The Hall–Kier alpha value is -1.56. The van der Waals surface area contributed by atoms with E-state index in [-0.39, 0.29) is 23.8 Å². The van der Waals surface area contributed by atoms with Gasteiger partial charge in [0.1, 0.15) is 17.3 Å².